The van der Waals surface area contributed by atoms with Crippen LogP contribution in [0, 0.1) is 0 Å². The van der Waals surface area contributed by atoms with E-state index >= 15 is 0 Å². The van der Waals surface area contributed by atoms with Crippen LogP contribution in [0.5, 0.6) is 0 Å². The molecule has 1 aliphatic rings. The van der Waals surface area contributed by atoms with E-state index in [1.807, 2.05) is 42.6 Å². The fourth-order valence-corrected chi connectivity index (χ4v) is 4.67. The summed E-state index contributed by atoms with van der Waals surface area (Å²) in [5.41, 5.74) is 5.93. The van der Waals surface area contributed by atoms with Gasteiger partial charge in [-0.3, -0.25) is 9.97 Å². The summed E-state index contributed by atoms with van der Waals surface area (Å²) in [6.07, 6.45) is 4.12. The molecule has 0 aliphatic carbocycles. The minimum atomic E-state index is 0.232. The molecule has 156 valence electrons. The van der Waals surface area contributed by atoms with E-state index in [9.17, 15) is 0 Å². The lowest BCUT2D eigenvalue weighted by Gasteiger charge is -2.36. The zero-order chi connectivity index (χ0) is 21.4. The predicted molar refractivity (Wildman–Crippen MR) is 128 cm³/mol. The van der Waals surface area contributed by atoms with Crippen molar-refractivity contribution >= 4 is 28.2 Å². The normalized spacial score (nSPS) is 19.0. The number of ether oxygens (including phenoxy) is 1. The monoisotopic (exact) mass is 429 g/mol. The molecule has 4 nitrogen and oxygen atoms in total. The van der Waals surface area contributed by atoms with Crippen molar-refractivity contribution in [1.29, 1.82) is 0 Å². The van der Waals surface area contributed by atoms with Crippen LogP contribution in [0.3, 0.4) is 0 Å². The molecule has 5 heteroatoms. The van der Waals surface area contributed by atoms with E-state index in [4.69, 9.17) is 21.3 Å². The van der Waals surface area contributed by atoms with E-state index in [1.54, 1.807) is 6.20 Å². The summed E-state index contributed by atoms with van der Waals surface area (Å²) >= 11 is 6.87. The van der Waals surface area contributed by atoms with Gasteiger partial charge < -0.3 is 9.64 Å². The van der Waals surface area contributed by atoms with Crippen molar-refractivity contribution in [2.45, 2.75) is 26.1 Å². The Kier molecular flexibility index (Phi) is 5.34. The molecule has 0 saturated carbocycles. The number of hydrogen-bond acceptors (Lipinski definition) is 4. The number of para-hydroxylation sites is 1. The molecule has 0 spiro atoms. The highest BCUT2D eigenvalue weighted by atomic mass is 35.5. The number of hydrogen-bond donors (Lipinski definition) is 0. The third-order valence-electron chi connectivity index (χ3n) is 5.74. The lowest BCUT2D eigenvalue weighted by molar-refractivity contribution is -0.00521. The SMILES string of the molecule is C[C@@H]1CN(c2ccc(-c3cnc4c(-c5ccccn5)cccc4c3Cl)cc2)C[C@H](C)O1. The maximum atomic E-state index is 6.87. The van der Waals surface area contributed by atoms with Gasteiger partial charge in [-0.25, -0.2) is 0 Å². The molecule has 31 heavy (non-hydrogen) atoms. The highest BCUT2D eigenvalue weighted by molar-refractivity contribution is 6.38. The van der Waals surface area contributed by atoms with Crippen molar-refractivity contribution in [2.75, 3.05) is 18.0 Å². The highest BCUT2D eigenvalue weighted by Gasteiger charge is 2.22. The Hall–Kier alpha value is -2.95. The number of anilines is 1. The maximum absolute atomic E-state index is 6.87. The third-order valence-corrected chi connectivity index (χ3v) is 6.14. The molecule has 5 rings (SSSR count). The van der Waals surface area contributed by atoms with Crippen LogP contribution >= 0.6 is 11.6 Å². The van der Waals surface area contributed by atoms with Gasteiger partial charge >= 0.3 is 0 Å². The van der Waals surface area contributed by atoms with Crippen LogP contribution < -0.4 is 4.90 Å². The highest BCUT2D eigenvalue weighted by Crippen LogP contribution is 2.37. The molecule has 4 aromatic rings. The standard InChI is InChI=1S/C26H24ClN3O/c1-17-15-30(16-18(2)31-17)20-11-9-19(10-12-20)23-14-29-26-21(24-8-3-4-13-28-24)6-5-7-22(26)25(23)27/h3-14,17-18H,15-16H2,1-2H3/t17-,18+. The number of benzene rings is 2. The quantitative estimate of drug-likeness (QED) is 0.387. The summed E-state index contributed by atoms with van der Waals surface area (Å²) < 4.78 is 5.86. The average Bonchev–Trinajstić information content (AvgIpc) is 2.79. The summed E-state index contributed by atoms with van der Waals surface area (Å²) in [5, 5.41) is 1.64. The van der Waals surface area contributed by atoms with E-state index in [1.165, 1.54) is 5.69 Å². The van der Waals surface area contributed by atoms with Crippen LogP contribution in [0.25, 0.3) is 33.3 Å². The van der Waals surface area contributed by atoms with Gasteiger partial charge in [0.15, 0.2) is 0 Å². The largest absolute Gasteiger partial charge is 0.372 e. The van der Waals surface area contributed by atoms with Crippen molar-refractivity contribution in [3.05, 3.63) is 78.1 Å². The molecule has 3 heterocycles. The Morgan fingerprint density at radius 3 is 2.35 bits per heavy atom. The average molecular weight is 430 g/mol. The molecule has 0 bridgehead atoms. The van der Waals surface area contributed by atoms with Gasteiger partial charge in [-0.05, 0) is 43.7 Å². The van der Waals surface area contributed by atoms with E-state index in [0.717, 1.165) is 46.4 Å². The molecule has 2 atom stereocenters. The summed E-state index contributed by atoms with van der Waals surface area (Å²) in [5.74, 6) is 0. The summed E-state index contributed by atoms with van der Waals surface area (Å²) in [7, 11) is 0. The molecule has 0 radical (unpaired) electrons. The zero-order valence-electron chi connectivity index (χ0n) is 17.6. The van der Waals surface area contributed by atoms with E-state index in [2.05, 4.69) is 48.0 Å². The van der Waals surface area contributed by atoms with Crippen LogP contribution in [-0.4, -0.2) is 35.3 Å². The number of pyridine rings is 2. The van der Waals surface area contributed by atoms with Crippen LogP contribution in [0.4, 0.5) is 5.69 Å². The van der Waals surface area contributed by atoms with E-state index in [0.29, 0.717) is 5.02 Å². The Balaban J connectivity index is 1.50. The van der Waals surface area contributed by atoms with Gasteiger partial charge in [0.2, 0.25) is 0 Å². The Morgan fingerprint density at radius 2 is 1.65 bits per heavy atom. The smallest absolute Gasteiger partial charge is 0.0811 e. The van der Waals surface area contributed by atoms with Crippen LogP contribution in [0.2, 0.25) is 5.02 Å². The number of nitrogens with zero attached hydrogens (tertiary/aromatic N) is 3. The minimum Gasteiger partial charge on any atom is -0.372 e. The molecular formula is C26H24ClN3O. The molecular weight excluding hydrogens is 406 g/mol. The number of fused-ring (bicyclic) bond motifs is 1. The van der Waals surface area contributed by atoms with Crippen molar-refractivity contribution in [2.24, 2.45) is 0 Å². The number of rotatable bonds is 3. The van der Waals surface area contributed by atoms with Gasteiger partial charge in [-0.1, -0.05) is 48.0 Å². The second-order valence-corrected chi connectivity index (χ2v) is 8.49. The summed E-state index contributed by atoms with van der Waals surface area (Å²) in [6.45, 7) is 6.05. The number of morpholine rings is 1. The second kappa shape index (κ2) is 8.29. The topological polar surface area (TPSA) is 38.2 Å². The van der Waals surface area contributed by atoms with E-state index < -0.39 is 0 Å². The molecule has 0 unspecified atom stereocenters. The third kappa shape index (κ3) is 3.89. The first-order valence-electron chi connectivity index (χ1n) is 10.6. The van der Waals surface area contributed by atoms with Gasteiger partial charge in [-0.15, -0.1) is 0 Å². The van der Waals surface area contributed by atoms with E-state index in [-0.39, 0.29) is 12.2 Å². The number of aromatic nitrogens is 2. The van der Waals surface area contributed by atoms with Gasteiger partial charge in [-0.2, -0.15) is 0 Å². The predicted octanol–water partition coefficient (Wildman–Crippen LogP) is 6.23. The molecule has 2 aromatic heterocycles. The second-order valence-electron chi connectivity index (χ2n) is 8.11. The van der Waals surface area contributed by atoms with Crippen molar-refractivity contribution in [3.63, 3.8) is 0 Å². The van der Waals surface area contributed by atoms with Crippen molar-refractivity contribution in [3.8, 4) is 22.4 Å². The minimum absolute atomic E-state index is 0.232. The Morgan fingerprint density at radius 1 is 0.871 bits per heavy atom. The van der Waals surface area contributed by atoms with Crippen LogP contribution in [0.1, 0.15) is 13.8 Å². The number of halogens is 1. The first-order valence-corrected chi connectivity index (χ1v) is 11.0. The van der Waals surface area contributed by atoms with Gasteiger partial charge in [0.1, 0.15) is 0 Å². The van der Waals surface area contributed by atoms with Gasteiger partial charge in [0.25, 0.3) is 0 Å². The van der Waals surface area contributed by atoms with Crippen molar-refractivity contribution < 1.29 is 4.74 Å². The molecule has 1 aliphatic heterocycles. The fraction of sp³-hybridized carbons (Fsp3) is 0.231. The lowest BCUT2D eigenvalue weighted by Crippen LogP contribution is -2.45. The summed E-state index contributed by atoms with van der Waals surface area (Å²) in [4.78, 5) is 11.6. The fourth-order valence-electron chi connectivity index (χ4n) is 4.36. The molecule has 1 fully saturated rings. The molecule has 0 amide bonds. The molecule has 0 N–H and O–H groups in total. The Bertz CT molecular complexity index is 1200. The molecule has 2 aromatic carbocycles. The van der Waals surface area contributed by atoms with Gasteiger partial charge in [0, 0.05) is 47.7 Å². The van der Waals surface area contributed by atoms with Crippen LogP contribution in [-0.2, 0) is 4.74 Å². The first kappa shape index (κ1) is 20.0. The van der Waals surface area contributed by atoms with Crippen LogP contribution in [0.15, 0.2) is 73.1 Å². The van der Waals surface area contributed by atoms with Crippen molar-refractivity contribution in [1.82, 2.24) is 9.97 Å². The van der Waals surface area contributed by atoms with Gasteiger partial charge in [0.05, 0.1) is 28.4 Å². The molecule has 1 saturated heterocycles. The first-order chi connectivity index (χ1) is 15.1. The Labute approximate surface area is 187 Å². The summed E-state index contributed by atoms with van der Waals surface area (Å²) in [6, 6.07) is 20.5. The lowest BCUT2D eigenvalue weighted by atomic mass is 10.0. The zero-order valence-corrected chi connectivity index (χ0v) is 18.4. The maximum Gasteiger partial charge on any atom is 0.0811 e.